The number of hydrogen-bond donors (Lipinski definition) is 1. The number of nitrogen functional groups attached to an aromatic ring is 1. The minimum Gasteiger partial charge on any atom is -0.491 e. The number of fused-ring (bicyclic) bond motifs is 1. The molecule has 2 N–H and O–H groups in total. The zero-order valence-corrected chi connectivity index (χ0v) is 12.3. The Hall–Kier alpha value is -2.14. The van der Waals surface area contributed by atoms with Gasteiger partial charge in [-0.1, -0.05) is 0 Å². The lowest BCUT2D eigenvalue weighted by Gasteiger charge is -2.17. The third-order valence-corrected chi connectivity index (χ3v) is 3.34. The average molecular weight is 285 g/mol. The summed E-state index contributed by atoms with van der Waals surface area (Å²) in [5.74, 6) is 2.01. The van der Waals surface area contributed by atoms with Gasteiger partial charge in [-0.3, -0.25) is 0 Å². The van der Waals surface area contributed by atoms with Crippen LogP contribution in [0.3, 0.4) is 0 Å². The molecule has 0 unspecified atom stereocenters. The zero-order valence-electron chi connectivity index (χ0n) is 12.3. The summed E-state index contributed by atoms with van der Waals surface area (Å²) in [5.41, 5.74) is 8.87. The standard InChI is InChI=1S/C16H19N3O2/c1-10(2)21-12-5-3-11(4-6-12)16-18-14-7-8-20-9-13(14)15(17)19-16/h3-6,10H,7-9H2,1-2H3,(H2,17,18,19). The molecular weight excluding hydrogens is 266 g/mol. The molecule has 0 bridgehead atoms. The van der Waals surface area contributed by atoms with Gasteiger partial charge in [0.1, 0.15) is 11.6 Å². The van der Waals surface area contributed by atoms with E-state index in [9.17, 15) is 0 Å². The molecule has 2 aromatic rings. The smallest absolute Gasteiger partial charge is 0.161 e. The van der Waals surface area contributed by atoms with E-state index < -0.39 is 0 Å². The van der Waals surface area contributed by atoms with Crippen molar-refractivity contribution in [3.8, 4) is 17.1 Å². The summed E-state index contributed by atoms with van der Waals surface area (Å²) in [6.45, 7) is 5.19. The first-order chi connectivity index (χ1) is 10.1. The molecule has 0 amide bonds. The van der Waals surface area contributed by atoms with Crippen molar-refractivity contribution >= 4 is 5.82 Å². The van der Waals surface area contributed by atoms with Crippen molar-refractivity contribution < 1.29 is 9.47 Å². The fourth-order valence-electron chi connectivity index (χ4n) is 2.34. The highest BCUT2D eigenvalue weighted by atomic mass is 16.5. The van der Waals surface area contributed by atoms with Crippen molar-refractivity contribution in [1.29, 1.82) is 0 Å². The summed E-state index contributed by atoms with van der Waals surface area (Å²) in [5, 5.41) is 0. The van der Waals surface area contributed by atoms with Crippen LogP contribution in [0.1, 0.15) is 25.1 Å². The van der Waals surface area contributed by atoms with Crippen molar-refractivity contribution in [2.45, 2.75) is 33.0 Å². The van der Waals surface area contributed by atoms with E-state index in [4.69, 9.17) is 15.2 Å². The van der Waals surface area contributed by atoms with Gasteiger partial charge in [0.2, 0.25) is 0 Å². The maximum Gasteiger partial charge on any atom is 0.161 e. The van der Waals surface area contributed by atoms with Gasteiger partial charge in [-0.2, -0.15) is 0 Å². The first-order valence-electron chi connectivity index (χ1n) is 7.13. The maximum atomic E-state index is 6.02. The van der Waals surface area contributed by atoms with Crippen molar-refractivity contribution in [3.05, 3.63) is 35.5 Å². The van der Waals surface area contributed by atoms with Crippen LogP contribution in [-0.4, -0.2) is 22.7 Å². The normalized spacial score (nSPS) is 14.0. The summed E-state index contributed by atoms with van der Waals surface area (Å²) < 4.78 is 11.0. The second kappa shape index (κ2) is 5.69. The SMILES string of the molecule is CC(C)Oc1ccc(-c2nc(N)c3c(n2)CCOC3)cc1. The highest BCUT2D eigenvalue weighted by molar-refractivity contribution is 5.60. The lowest BCUT2D eigenvalue weighted by Crippen LogP contribution is -2.16. The molecule has 5 nitrogen and oxygen atoms in total. The molecule has 1 aliphatic rings. The molecule has 0 saturated heterocycles. The highest BCUT2D eigenvalue weighted by Crippen LogP contribution is 2.25. The largest absolute Gasteiger partial charge is 0.491 e. The summed E-state index contributed by atoms with van der Waals surface area (Å²) in [6, 6.07) is 7.77. The van der Waals surface area contributed by atoms with Crippen LogP contribution in [0.4, 0.5) is 5.82 Å². The van der Waals surface area contributed by atoms with E-state index in [-0.39, 0.29) is 6.10 Å². The quantitative estimate of drug-likeness (QED) is 0.938. The van der Waals surface area contributed by atoms with Gasteiger partial charge in [0, 0.05) is 17.5 Å². The van der Waals surface area contributed by atoms with Gasteiger partial charge in [-0.05, 0) is 38.1 Å². The van der Waals surface area contributed by atoms with Crippen molar-refractivity contribution in [3.63, 3.8) is 0 Å². The zero-order chi connectivity index (χ0) is 14.8. The predicted octanol–water partition coefficient (Wildman–Crippen LogP) is 2.59. The summed E-state index contributed by atoms with van der Waals surface area (Å²) in [7, 11) is 0. The van der Waals surface area contributed by atoms with E-state index in [0.717, 1.165) is 29.0 Å². The molecule has 0 spiro atoms. The minimum absolute atomic E-state index is 0.159. The van der Waals surface area contributed by atoms with E-state index in [2.05, 4.69) is 9.97 Å². The van der Waals surface area contributed by atoms with Gasteiger partial charge < -0.3 is 15.2 Å². The van der Waals surface area contributed by atoms with Gasteiger partial charge in [-0.25, -0.2) is 9.97 Å². The van der Waals surface area contributed by atoms with E-state index in [1.807, 2.05) is 38.1 Å². The van der Waals surface area contributed by atoms with Gasteiger partial charge in [0.05, 0.1) is 25.0 Å². The number of benzene rings is 1. The summed E-state index contributed by atoms with van der Waals surface area (Å²) >= 11 is 0. The topological polar surface area (TPSA) is 70.3 Å². The number of anilines is 1. The molecule has 1 aliphatic heterocycles. The van der Waals surface area contributed by atoms with Gasteiger partial charge in [-0.15, -0.1) is 0 Å². The monoisotopic (exact) mass is 285 g/mol. The fraction of sp³-hybridized carbons (Fsp3) is 0.375. The van der Waals surface area contributed by atoms with Crippen LogP contribution in [0.5, 0.6) is 5.75 Å². The summed E-state index contributed by atoms with van der Waals surface area (Å²) in [4.78, 5) is 9.02. The van der Waals surface area contributed by atoms with E-state index in [1.54, 1.807) is 0 Å². The Labute approximate surface area is 124 Å². The molecule has 110 valence electrons. The lowest BCUT2D eigenvalue weighted by atomic mass is 10.1. The van der Waals surface area contributed by atoms with Crippen LogP contribution < -0.4 is 10.5 Å². The third-order valence-electron chi connectivity index (χ3n) is 3.34. The predicted molar refractivity (Wildman–Crippen MR) is 81.0 cm³/mol. The van der Waals surface area contributed by atoms with Crippen LogP contribution in [-0.2, 0) is 17.8 Å². The number of hydrogen-bond acceptors (Lipinski definition) is 5. The highest BCUT2D eigenvalue weighted by Gasteiger charge is 2.17. The van der Waals surface area contributed by atoms with Crippen LogP contribution in [0.25, 0.3) is 11.4 Å². The molecule has 0 fully saturated rings. The van der Waals surface area contributed by atoms with Crippen molar-refractivity contribution in [2.75, 3.05) is 12.3 Å². The van der Waals surface area contributed by atoms with Gasteiger partial charge >= 0.3 is 0 Å². The second-order valence-corrected chi connectivity index (χ2v) is 5.35. The Bertz CT molecular complexity index is 639. The first kappa shape index (κ1) is 13.8. The van der Waals surface area contributed by atoms with E-state index >= 15 is 0 Å². The van der Waals surface area contributed by atoms with Crippen LogP contribution in [0.2, 0.25) is 0 Å². The number of nitrogens with zero attached hydrogens (tertiary/aromatic N) is 2. The molecule has 0 aliphatic carbocycles. The van der Waals surface area contributed by atoms with E-state index in [0.29, 0.717) is 24.9 Å². The summed E-state index contributed by atoms with van der Waals surface area (Å²) in [6.07, 6.45) is 0.940. The Morgan fingerprint density at radius 3 is 2.67 bits per heavy atom. The molecule has 2 heterocycles. The fourth-order valence-corrected chi connectivity index (χ4v) is 2.34. The molecule has 3 rings (SSSR count). The van der Waals surface area contributed by atoms with Crippen molar-refractivity contribution in [2.24, 2.45) is 0 Å². The Morgan fingerprint density at radius 1 is 1.19 bits per heavy atom. The second-order valence-electron chi connectivity index (χ2n) is 5.35. The van der Waals surface area contributed by atoms with Crippen LogP contribution in [0.15, 0.2) is 24.3 Å². The Morgan fingerprint density at radius 2 is 1.95 bits per heavy atom. The Balaban J connectivity index is 1.91. The molecule has 1 aromatic carbocycles. The number of rotatable bonds is 3. The lowest BCUT2D eigenvalue weighted by molar-refractivity contribution is 0.109. The molecule has 0 atom stereocenters. The Kier molecular flexibility index (Phi) is 3.75. The molecule has 0 saturated carbocycles. The molecule has 5 heteroatoms. The molecule has 0 radical (unpaired) electrons. The molecular formula is C16H19N3O2. The van der Waals surface area contributed by atoms with Crippen LogP contribution in [0, 0.1) is 0 Å². The van der Waals surface area contributed by atoms with Gasteiger partial charge in [0.25, 0.3) is 0 Å². The van der Waals surface area contributed by atoms with Gasteiger partial charge in [0.15, 0.2) is 5.82 Å². The van der Waals surface area contributed by atoms with E-state index in [1.165, 1.54) is 0 Å². The molecule has 1 aromatic heterocycles. The number of nitrogens with two attached hydrogens (primary N) is 1. The number of ether oxygens (including phenoxy) is 2. The maximum absolute atomic E-state index is 6.02. The van der Waals surface area contributed by atoms with Crippen LogP contribution >= 0.6 is 0 Å². The average Bonchev–Trinajstić information content (AvgIpc) is 2.47. The third kappa shape index (κ3) is 2.97. The molecule has 21 heavy (non-hydrogen) atoms. The minimum atomic E-state index is 0.159. The van der Waals surface area contributed by atoms with Crippen molar-refractivity contribution in [1.82, 2.24) is 9.97 Å². The number of aromatic nitrogens is 2. The first-order valence-corrected chi connectivity index (χ1v) is 7.13.